The number of hydrogen-bond acceptors (Lipinski definition) is 6. The van der Waals surface area contributed by atoms with Crippen molar-refractivity contribution < 1.29 is 4.79 Å². The molecule has 1 aliphatic heterocycles. The standard InChI is InChI=1S/C20H20N8O/c1-12-9-14(16-8-7-13-5-3-4-6-15(13)21-16)10-28-18(12)22-20(25-28)23-19(29)17-11-27(2)26-24-17/h3-8,11-12,14H,9-10H2,1-2H3,(H,23,25,29). The molecule has 4 aromatic rings. The predicted octanol–water partition coefficient (Wildman–Crippen LogP) is 2.50. The summed E-state index contributed by atoms with van der Waals surface area (Å²) in [5, 5.41) is 15.9. The second-order valence-electron chi connectivity index (χ2n) is 7.47. The minimum Gasteiger partial charge on any atom is -0.288 e. The summed E-state index contributed by atoms with van der Waals surface area (Å²) in [6.07, 6.45) is 2.48. The maximum absolute atomic E-state index is 12.3. The fourth-order valence-corrected chi connectivity index (χ4v) is 3.86. The van der Waals surface area contributed by atoms with Crippen LogP contribution >= 0.6 is 0 Å². The number of nitrogens with one attached hydrogen (secondary N) is 1. The van der Waals surface area contributed by atoms with Crippen molar-refractivity contribution in [3.8, 4) is 0 Å². The van der Waals surface area contributed by atoms with Gasteiger partial charge < -0.3 is 0 Å². The van der Waals surface area contributed by atoms with Crippen LogP contribution in [0.25, 0.3) is 10.9 Å². The van der Waals surface area contributed by atoms with Crippen LogP contribution < -0.4 is 5.32 Å². The predicted molar refractivity (Wildman–Crippen MR) is 106 cm³/mol. The molecule has 2 atom stereocenters. The highest BCUT2D eigenvalue weighted by molar-refractivity contribution is 6.01. The smallest absolute Gasteiger partial charge is 0.280 e. The van der Waals surface area contributed by atoms with E-state index in [1.165, 1.54) is 4.68 Å². The Bertz CT molecular complexity index is 1210. The van der Waals surface area contributed by atoms with Crippen molar-refractivity contribution >= 4 is 22.8 Å². The zero-order chi connectivity index (χ0) is 20.0. The molecule has 0 bridgehead atoms. The molecule has 1 N–H and O–H groups in total. The molecule has 9 heteroatoms. The van der Waals surface area contributed by atoms with Gasteiger partial charge in [0.2, 0.25) is 5.95 Å². The first-order valence-electron chi connectivity index (χ1n) is 9.55. The Balaban J connectivity index is 1.38. The van der Waals surface area contributed by atoms with Gasteiger partial charge in [-0.25, -0.2) is 4.68 Å². The third kappa shape index (κ3) is 3.24. The molecule has 1 amide bonds. The lowest BCUT2D eigenvalue weighted by molar-refractivity contribution is 0.102. The van der Waals surface area contributed by atoms with Gasteiger partial charge in [-0.3, -0.25) is 19.8 Å². The van der Waals surface area contributed by atoms with Crippen molar-refractivity contribution in [2.24, 2.45) is 7.05 Å². The number of anilines is 1. The van der Waals surface area contributed by atoms with Crippen molar-refractivity contribution in [2.75, 3.05) is 5.32 Å². The van der Waals surface area contributed by atoms with Gasteiger partial charge >= 0.3 is 0 Å². The van der Waals surface area contributed by atoms with E-state index >= 15 is 0 Å². The number of aromatic nitrogens is 7. The zero-order valence-corrected chi connectivity index (χ0v) is 16.1. The van der Waals surface area contributed by atoms with Gasteiger partial charge in [-0.2, -0.15) is 4.98 Å². The summed E-state index contributed by atoms with van der Waals surface area (Å²) in [6, 6.07) is 12.3. The lowest BCUT2D eigenvalue weighted by Gasteiger charge is -2.26. The van der Waals surface area contributed by atoms with Crippen LogP contribution in [-0.2, 0) is 13.6 Å². The van der Waals surface area contributed by atoms with Crippen molar-refractivity contribution in [1.82, 2.24) is 34.7 Å². The van der Waals surface area contributed by atoms with Gasteiger partial charge in [0.1, 0.15) is 5.82 Å². The molecular weight excluding hydrogens is 368 g/mol. The highest BCUT2D eigenvalue weighted by Gasteiger charge is 2.29. The number of pyridine rings is 1. The van der Waals surface area contributed by atoms with Gasteiger partial charge in [-0.05, 0) is 18.6 Å². The first-order chi connectivity index (χ1) is 14.1. The number of fused-ring (bicyclic) bond motifs is 2. The number of amides is 1. The van der Waals surface area contributed by atoms with E-state index < -0.39 is 0 Å². The van der Waals surface area contributed by atoms with Crippen molar-refractivity contribution in [3.63, 3.8) is 0 Å². The average molecular weight is 388 g/mol. The molecule has 0 fully saturated rings. The van der Waals surface area contributed by atoms with Crippen LogP contribution in [-0.4, -0.2) is 40.6 Å². The van der Waals surface area contributed by atoms with E-state index in [9.17, 15) is 4.79 Å². The van der Waals surface area contributed by atoms with Gasteiger partial charge in [0, 0.05) is 30.0 Å². The molecular formula is C20H20N8O. The molecule has 29 heavy (non-hydrogen) atoms. The topological polar surface area (TPSA) is 103 Å². The Morgan fingerprint density at radius 1 is 1.17 bits per heavy atom. The summed E-state index contributed by atoms with van der Waals surface area (Å²) in [7, 11) is 1.71. The SMILES string of the molecule is CC1CC(c2ccc3ccccc3n2)Cn2nc(NC(=O)c3cn(C)nn3)nc21. The zero-order valence-electron chi connectivity index (χ0n) is 16.1. The third-order valence-corrected chi connectivity index (χ3v) is 5.27. The number of benzene rings is 1. The van der Waals surface area contributed by atoms with Crippen LogP contribution in [0.5, 0.6) is 0 Å². The Morgan fingerprint density at radius 3 is 2.86 bits per heavy atom. The van der Waals surface area contributed by atoms with Crippen molar-refractivity contribution in [2.45, 2.75) is 31.7 Å². The molecule has 1 aliphatic rings. The molecule has 0 aliphatic carbocycles. The number of para-hydroxylation sites is 1. The summed E-state index contributed by atoms with van der Waals surface area (Å²) in [5.41, 5.74) is 2.28. The maximum Gasteiger partial charge on any atom is 0.280 e. The lowest BCUT2D eigenvalue weighted by atomic mass is 9.89. The molecule has 3 aromatic heterocycles. The molecule has 0 saturated carbocycles. The molecule has 9 nitrogen and oxygen atoms in total. The molecule has 4 heterocycles. The summed E-state index contributed by atoms with van der Waals surface area (Å²) >= 11 is 0. The van der Waals surface area contributed by atoms with Crippen LogP contribution in [0.2, 0.25) is 0 Å². The Hall–Kier alpha value is -3.62. The molecule has 1 aromatic carbocycles. The highest BCUT2D eigenvalue weighted by Crippen LogP contribution is 2.35. The second-order valence-corrected chi connectivity index (χ2v) is 7.47. The molecule has 146 valence electrons. The van der Waals surface area contributed by atoms with Gasteiger partial charge in [0.25, 0.3) is 5.91 Å². The van der Waals surface area contributed by atoms with Gasteiger partial charge in [0.15, 0.2) is 5.69 Å². The maximum atomic E-state index is 12.3. The number of carbonyl (C=O) groups excluding carboxylic acids is 1. The molecule has 0 radical (unpaired) electrons. The first-order valence-corrected chi connectivity index (χ1v) is 9.55. The van der Waals surface area contributed by atoms with E-state index in [-0.39, 0.29) is 29.4 Å². The molecule has 5 rings (SSSR count). The Labute approximate surface area is 166 Å². The Morgan fingerprint density at radius 2 is 2.03 bits per heavy atom. The first kappa shape index (κ1) is 17.5. The molecule has 0 saturated heterocycles. The normalized spacial score (nSPS) is 18.6. The number of carbonyl (C=O) groups is 1. The van der Waals surface area contributed by atoms with E-state index in [0.717, 1.165) is 28.8 Å². The number of rotatable bonds is 3. The largest absolute Gasteiger partial charge is 0.288 e. The lowest BCUT2D eigenvalue weighted by Crippen LogP contribution is -2.23. The van der Waals surface area contributed by atoms with Gasteiger partial charge in [0.05, 0.1) is 18.3 Å². The van der Waals surface area contributed by atoms with Crippen molar-refractivity contribution in [1.29, 1.82) is 0 Å². The van der Waals surface area contributed by atoms with Crippen LogP contribution in [0.15, 0.2) is 42.6 Å². The van der Waals surface area contributed by atoms with E-state index in [2.05, 4.69) is 50.8 Å². The van der Waals surface area contributed by atoms with E-state index in [0.29, 0.717) is 6.54 Å². The van der Waals surface area contributed by atoms with Crippen LogP contribution in [0.3, 0.4) is 0 Å². The number of aryl methyl sites for hydroxylation is 1. The monoisotopic (exact) mass is 388 g/mol. The van der Waals surface area contributed by atoms with E-state index in [1.54, 1.807) is 13.2 Å². The number of nitrogens with zero attached hydrogens (tertiary/aromatic N) is 7. The minimum absolute atomic E-state index is 0.205. The molecule has 0 spiro atoms. The van der Waals surface area contributed by atoms with Crippen LogP contribution in [0.1, 0.15) is 47.2 Å². The minimum atomic E-state index is -0.374. The summed E-state index contributed by atoms with van der Waals surface area (Å²) in [5.74, 6) is 1.23. The van der Waals surface area contributed by atoms with Crippen LogP contribution in [0, 0.1) is 0 Å². The average Bonchev–Trinajstić information content (AvgIpc) is 3.33. The molecule has 2 unspecified atom stereocenters. The Kier molecular flexibility index (Phi) is 4.08. The van der Waals surface area contributed by atoms with E-state index in [1.807, 2.05) is 22.9 Å². The summed E-state index contributed by atoms with van der Waals surface area (Å²) in [6.45, 7) is 2.81. The number of hydrogen-bond donors (Lipinski definition) is 1. The van der Waals surface area contributed by atoms with Crippen molar-refractivity contribution in [3.05, 3.63) is 59.8 Å². The van der Waals surface area contributed by atoms with Gasteiger partial charge in [-0.1, -0.05) is 36.4 Å². The quantitative estimate of drug-likeness (QED) is 0.578. The summed E-state index contributed by atoms with van der Waals surface area (Å²) in [4.78, 5) is 21.7. The second kappa shape index (κ2) is 6.77. The van der Waals surface area contributed by atoms with Gasteiger partial charge in [-0.15, -0.1) is 10.2 Å². The van der Waals surface area contributed by atoms with Crippen LogP contribution in [0.4, 0.5) is 5.95 Å². The summed E-state index contributed by atoms with van der Waals surface area (Å²) < 4.78 is 3.35. The fraction of sp³-hybridized carbons (Fsp3) is 0.300. The fourth-order valence-electron chi connectivity index (χ4n) is 3.86. The third-order valence-electron chi connectivity index (χ3n) is 5.27. The van der Waals surface area contributed by atoms with E-state index in [4.69, 9.17) is 4.98 Å². The highest BCUT2D eigenvalue weighted by atomic mass is 16.2.